The van der Waals surface area contributed by atoms with Crippen LogP contribution in [0.1, 0.15) is 40.2 Å². The Bertz CT molecular complexity index is 1500. The number of rotatable bonds is 8. The molecule has 0 radical (unpaired) electrons. The lowest BCUT2D eigenvalue weighted by atomic mass is 9.84. The summed E-state index contributed by atoms with van der Waals surface area (Å²) in [6, 6.07) is 17.9. The van der Waals surface area contributed by atoms with Crippen LogP contribution in [0.15, 0.2) is 65.6 Å². The SMILES string of the molecule is Cc1ccc([C@@H](CC(=O)O)c2ccc3c(nnn3C)c2C)cc1CN(C)S(=O)(=O)c1ccccc1. The van der Waals surface area contributed by atoms with Crippen molar-refractivity contribution in [3.05, 3.63) is 88.5 Å². The third kappa shape index (κ3) is 4.82. The van der Waals surface area contributed by atoms with Gasteiger partial charge in [0.05, 0.1) is 16.8 Å². The number of fused-ring (bicyclic) bond motifs is 1. The normalized spacial score (nSPS) is 12.8. The number of hydrogen-bond donors (Lipinski definition) is 1. The van der Waals surface area contributed by atoms with Crippen molar-refractivity contribution in [2.75, 3.05) is 7.05 Å². The zero-order chi connectivity index (χ0) is 25.3. The molecule has 1 heterocycles. The lowest BCUT2D eigenvalue weighted by Crippen LogP contribution is -2.27. The van der Waals surface area contributed by atoms with Crippen molar-refractivity contribution in [1.29, 1.82) is 0 Å². The quantitative estimate of drug-likeness (QED) is 0.398. The zero-order valence-electron chi connectivity index (χ0n) is 20.1. The number of carbonyl (C=O) groups is 1. The first-order valence-electron chi connectivity index (χ1n) is 11.2. The monoisotopic (exact) mass is 492 g/mol. The summed E-state index contributed by atoms with van der Waals surface area (Å²) in [6.45, 7) is 4.01. The molecular weight excluding hydrogens is 464 g/mol. The van der Waals surface area contributed by atoms with Gasteiger partial charge in [-0.1, -0.05) is 47.7 Å². The van der Waals surface area contributed by atoms with Crippen molar-refractivity contribution >= 4 is 27.0 Å². The van der Waals surface area contributed by atoms with Crippen LogP contribution in [0.4, 0.5) is 0 Å². The van der Waals surface area contributed by atoms with Gasteiger partial charge in [-0.3, -0.25) is 4.79 Å². The summed E-state index contributed by atoms with van der Waals surface area (Å²) in [5.74, 6) is -1.34. The predicted octanol–water partition coefficient (Wildman–Crippen LogP) is 4.01. The molecule has 0 amide bonds. The molecule has 1 atom stereocenters. The molecule has 0 spiro atoms. The van der Waals surface area contributed by atoms with E-state index in [2.05, 4.69) is 10.3 Å². The van der Waals surface area contributed by atoms with E-state index in [1.165, 1.54) is 4.31 Å². The van der Waals surface area contributed by atoms with Crippen LogP contribution in [-0.2, 0) is 28.4 Å². The van der Waals surface area contributed by atoms with Crippen LogP contribution in [0.2, 0.25) is 0 Å². The summed E-state index contributed by atoms with van der Waals surface area (Å²) < 4.78 is 29.1. The van der Waals surface area contributed by atoms with Gasteiger partial charge >= 0.3 is 5.97 Å². The Kier molecular flexibility index (Phi) is 6.73. The standard InChI is InChI=1S/C26H28N4O4S/c1-17-10-11-19(14-20(17)16-29(3)35(33,34)21-8-6-5-7-9-21)23(15-25(31)32)22-12-13-24-26(18(22)2)27-28-30(24)4/h5-14,23H,15-16H2,1-4H3,(H,31,32)/t23-/m1/s1. The third-order valence-electron chi connectivity index (χ3n) is 6.45. The number of aryl methyl sites for hydroxylation is 3. The highest BCUT2D eigenvalue weighted by Gasteiger charge is 2.25. The highest BCUT2D eigenvalue weighted by atomic mass is 32.2. The van der Waals surface area contributed by atoms with E-state index in [1.54, 1.807) is 42.1 Å². The number of aromatic nitrogens is 3. The number of carboxylic acid groups (broad SMARTS) is 1. The number of carboxylic acids is 1. The van der Waals surface area contributed by atoms with Crippen LogP contribution in [0.3, 0.4) is 0 Å². The largest absolute Gasteiger partial charge is 0.481 e. The van der Waals surface area contributed by atoms with Crippen molar-refractivity contribution in [3.8, 4) is 0 Å². The van der Waals surface area contributed by atoms with E-state index >= 15 is 0 Å². The topological polar surface area (TPSA) is 105 Å². The summed E-state index contributed by atoms with van der Waals surface area (Å²) in [5, 5.41) is 18.0. The maximum absolute atomic E-state index is 13.0. The van der Waals surface area contributed by atoms with Gasteiger partial charge in [0.15, 0.2) is 0 Å². The molecule has 182 valence electrons. The number of sulfonamides is 1. The van der Waals surface area contributed by atoms with Crippen molar-refractivity contribution in [1.82, 2.24) is 19.3 Å². The predicted molar refractivity (Wildman–Crippen MR) is 134 cm³/mol. The summed E-state index contributed by atoms with van der Waals surface area (Å²) in [4.78, 5) is 12.1. The van der Waals surface area contributed by atoms with E-state index in [9.17, 15) is 18.3 Å². The molecule has 0 bridgehead atoms. The number of benzene rings is 3. The van der Waals surface area contributed by atoms with Crippen molar-refractivity contribution in [3.63, 3.8) is 0 Å². The van der Waals surface area contributed by atoms with E-state index in [0.29, 0.717) is 0 Å². The van der Waals surface area contributed by atoms with Crippen LogP contribution < -0.4 is 0 Å². The molecule has 9 heteroatoms. The average Bonchev–Trinajstić information content (AvgIpc) is 3.21. The van der Waals surface area contributed by atoms with Gasteiger partial charge < -0.3 is 5.11 Å². The maximum Gasteiger partial charge on any atom is 0.304 e. The van der Waals surface area contributed by atoms with Gasteiger partial charge in [-0.15, -0.1) is 5.10 Å². The molecular formula is C26H28N4O4S. The number of hydrogen-bond acceptors (Lipinski definition) is 5. The Labute approximate surface area is 204 Å². The zero-order valence-corrected chi connectivity index (χ0v) is 21.0. The summed E-state index contributed by atoms with van der Waals surface area (Å²) in [7, 11) is -0.299. The van der Waals surface area contributed by atoms with Gasteiger partial charge in [0.1, 0.15) is 5.52 Å². The van der Waals surface area contributed by atoms with Crippen LogP contribution in [0, 0.1) is 13.8 Å². The molecule has 0 saturated heterocycles. The van der Waals surface area contributed by atoms with Crippen molar-refractivity contribution in [2.24, 2.45) is 7.05 Å². The first-order chi connectivity index (χ1) is 16.6. The molecule has 3 aromatic carbocycles. The van der Waals surface area contributed by atoms with E-state index in [-0.39, 0.29) is 17.9 Å². The second-order valence-electron chi connectivity index (χ2n) is 8.77. The first kappa shape index (κ1) is 24.6. The van der Waals surface area contributed by atoms with E-state index in [0.717, 1.165) is 38.9 Å². The molecule has 0 aliphatic carbocycles. The molecule has 8 nitrogen and oxygen atoms in total. The van der Waals surface area contributed by atoms with Gasteiger partial charge in [-0.25, -0.2) is 13.1 Å². The molecule has 4 rings (SSSR count). The van der Waals surface area contributed by atoms with E-state index in [4.69, 9.17) is 0 Å². The molecule has 1 N–H and O–H groups in total. The number of nitrogens with zero attached hydrogens (tertiary/aromatic N) is 4. The highest BCUT2D eigenvalue weighted by Crippen LogP contribution is 2.34. The molecule has 35 heavy (non-hydrogen) atoms. The van der Waals surface area contributed by atoms with Crippen LogP contribution in [0.5, 0.6) is 0 Å². The Balaban J connectivity index is 1.73. The lowest BCUT2D eigenvalue weighted by Gasteiger charge is -2.22. The van der Waals surface area contributed by atoms with Gasteiger partial charge in [-0.05, 0) is 59.9 Å². The summed E-state index contributed by atoms with van der Waals surface area (Å²) in [6.07, 6.45) is -0.104. The van der Waals surface area contributed by atoms with Crippen LogP contribution >= 0.6 is 0 Å². The Hall–Kier alpha value is -3.56. The molecule has 0 saturated carbocycles. The minimum Gasteiger partial charge on any atom is -0.481 e. The lowest BCUT2D eigenvalue weighted by molar-refractivity contribution is -0.137. The molecule has 1 aromatic heterocycles. The molecule has 0 fully saturated rings. The fourth-order valence-electron chi connectivity index (χ4n) is 4.38. The highest BCUT2D eigenvalue weighted by molar-refractivity contribution is 7.89. The Morgan fingerprint density at radius 3 is 2.49 bits per heavy atom. The Morgan fingerprint density at radius 2 is 1.80 bits per heavy atom. The minimum absolute atomic E-state index is 0.104. The van der Waals surface area contributed by atoms with E-state index in [1.807, 2.05) is 51.2 Å². The van der Waals surface area contributed by atoms with Crippen LogP contribution in [0.25, 0.3) is 11.0 Å². The van der Waals surface area contributed by atoms with E-state index < -0.39 is 21.9 Å². The first-order valence-corrected chi connectivity index (χ1v) is 12.6. The fourth-order valence-corrected chi connectivity index (χ4v) is 5.55. The summed E-state index contributed by atoms with van der Waals surface area (Å²) >= 11 is 0. The molecule has 4 aromatic rings. The van der Waals surface area contributed by atoms with Gasteiger partial charge in [0.2, 0.25) is 10.0 Å². The third-order valence-corrected chi connectivity index (χ3v) is 8.27. The minimum atomic E-state index is -3.67. The van der Waals surface area contributed by atoms with Crippen molar-refractivity contribution in [2.45, 2.75) is 37.6 Å². The van der Waals surface area contributed by atoms with Gasteiger partial charge in [0.25, 0.3) is 0 Å². The fraction of sp³-hybridized carbons (Fsp3) is 0.269. The van der Waals surface area contributed by atoms with Gasteiger partial charge in [-0.2, -0.15) is 4.31 Å². The Morgan fingerprint density at radius 1 is 1.09 bits per heavy atom. The smallest absolute Gasteiger partial charge is 0.304 e. The molecule has 0 aliphatic heterocycles. The molecule has 0 aliphatic rings. The maximum atomic E-state index is 13.0. The second kappa shape index (κ2) is 9.59. The second-order valence-corrected chi connectivity index (χ2v) is 10.8. The summed E-state index contributed by atoms with van der Waals surface area (Å²) in [5.41, 5.74) is 5.91. The average molecular weight is 493 g/mol. The van der Waals surface area contributed by atoms with Crippen molar-refractivity contribution < 1.29 is 18.3 Å². The number of aliphatic carboxylic acids is 1. The molecule has 0 unspecified atom stereocenters. The van der Waals surface area contributed by atoms with Crippen LogP contribution in [-0.4, -0.2) is 45.8 Å². The van der Waals surface area contributed by atoms with Gasteiger partial charge in [0, 0.05) is 26.6 Å².